The molecule has 8 heteroatoms. The molecule has 2 heterocycles. The monoisotopic (exact) mass is 390 g/mol. The zero-order valence-corrected chi connectivity index (χ0v) is 16.3. The Morgan fingerprint density at radius 2 is 2.12 bits per heavy atom. The highest BCUT2D eigenvalue weighted by Crippen LogP contribution is 2.20. The molecule has 3 rings (SSSR count). The number of nitrogens with one attached hydrogen (secondary N) is 1. The van der Waals surface area contributed by atoms with Crippen LogP contribution < -0.4 is 10.7 Å². The highest BCUT2D eigenvalue weighted by atomic mass is 35.5. The van der Waals surface area contributed by atoms with E-state index in [0.717, 1.165) is 16.9 Å². The predicted octanol–water partition coefficient (Wildman–Crippen LogP) is 3.98. The number of amides is 1. The van der Waals surface area contributed by atoms with Gasteiger partial charge in [0, 0.05) is 29.6 Å². The molecule has 0 fully saturated rings. The molecule has 26 heavy (non-hydrogen) atoms. The van der Waals surface area contributed by atoms with Crippen LogP contribution in [0.4, 0.5) is 5.13 Å². The number of aromatic nitrogens is 3. The van der Waals surface area contributed by atoms with Crippen molar-refractivity contribution in [2.24, 2.45) is 5.92 Å². The van der Waals surface area contributed by atoms with Crippen LogP contribution in [0.3, 0.4) is 0 Å². The largest absolute Gasteiger partial charge is 0.347 e. The SMILES string of the molecule is CCn1cc(C(=O)Nc2nnc(CC(C)C)s2)c(=O)c2cc(Cl)ccc21. The minimum Gasteiger partial charge on any atom is -0.347 e. The molecule has 0 saturated carbocycles. The van der Waals surface area contributed by atoms with E-state index < -0.39 is 5.91 Å². The summed E-state index contributed by atoms with van der Waals surface area (Å²) in [6.45, 7) is 6.75. The number of hydrogen-bond donors (Lipinski definition) is 1. The number of fused-ring (bicyclic) bond motifs is 1. The number of aryl methyl sites for hydroxylation is 1. The van der Waals surface area contributed by atoms with E-state index in [9.17, 15) is 9.59 Å². The number of nitrogens with zero attached hydrogens (tertiary/aromatic N) is 3. The fraction of sp³-hybridized carbons (Fsp3) is 0.333. The molecule has 0 aliphatic carbocycles. The molecule has 0 bridgehead atoms. The second-order valence-corrected chi connectivity index (χ2v) is 7.87. The van der Waals surface area contributed by atoms with E-state index in [4.69, 9.17) is 11.6 Å². The van der Waals surface area contributed by atoms with E-state index in [2.05, 4.69) is 29.4 Å². The molecular weight excluding hydrogens is 372 g/mol. The van der Waals surface area contributed by atoms with Gasteiger partial charge in [0.05, 0.1) is 5.52 Å². The smallest absolute Gasteiger partial charge is 0.262 e. The Balaban J connectivity index is 1.96. The first kappa shape index (κ1) is 18.5. The van der Waals surface area contributed by atoms with E-state index in [1.165, 1.54) is 11.3 Å². The maximum absolute atomic E-state index is 12.8. The zero-order chi connectivity index (χ0) is 18.8. The summed E-state index contributed by atoms with van der Waals surface area (Å²) in [5.41, 5.74) is 0.451. The first-order valence-corrected chi connectivity index (χ1v) is 9.55. The molecule has 136 valence electrons. The number of rotatable bonds is 5. The Hall–Kier alpha value is -2.25. The number of hydrogen-bond acceptors (Lipinski definition) is 5. The average Bonchev–Trinajstić information content (AvgIpc) is 3.01. The van der Waals surface area contributed by atoms with Gasteiger partial charge in [-0.2, -0.15) is 0 Å². The molecular formula is C18H19ClN4O2S. The molecule has 3 aromatic rings. The van der Waals surface area contributed by atoms with Gasteiger partial charge in [0.15, 0.2) is 0 Å². The summed E-state index contributed by atoms with van der Waals surface area (Å²) in [6.07, 6.45) is 2.37. The van der Waals surface area contributed by atoms with Crippen LogP contribution in [-0.4, -0.2) is 20.7 Å². The molecule has 0 atom stereocenters. The second-order valence-electron chi connectivity index (χ2n) is 6.37. The third-order valence-corrected chi connectivity index (χ3v) is 4.99. The normalized spacial score (nSPS) is 11.3. The first-order chi connectivity index (χ1) is 12.4. The zero-order valence-electron chi connectivity index (χ0n) is 14.7. The molecule has 0 unspecified atom stereocenters. The van der Waals surface area contributed by atoms with Crippen LogP contribution in [0.15, 0.2) is 29.2 Å². The number of carbonyl (C=O) groups is 1. The molecule has 6 nitrogen and oxygen atoms in total. The summed E-state index contributed by atoms with van der Waals surface area (Å²) < 4.78 is 1.85. The molecule has 1 aromatic carbocycles. The van der Waals surface area contributed by atoms with Gasteiger partial charge in [-0.25, -0.2) is 0 Å². The lowest BCUT2D eigenvalue weighted by Crippen LogP contribution is -2.23. The van der Waals surface area contributed by atoms with Gasteiger partial charge in [0.1, 0.15) is 10.6 Å². The Labute approximate surface area is 159 Å². The fourth-order valence-corrected chi connectivity index (χ4v) is 3.81. The van der Waals surface area contributed by atoms with Crippen LogP contribution in [-0.2, 0) is 13.0 Å². The lowest BCUT2D eigenvalue weighted by Gasteiger charge is -2.11. The molecule has 1 N–H and O–H groups in total. The van der Waals surface area contributed by atoms with Crippen LogP contribution in [0.2, 0.25) is 5.02 Å². The molecule has 0 saturated heterocycles. The Morgan fingerprint density at radius 3 is 2.81 bits per heavy atom. The number of halogens is 1. The van der Waals surface area contributed by atoms with Crippen LogP contribution in [0, 0.1) is 5.92 Å². The quantitative estimate of drug-likeness (QED) is 0.714. The van der Waals surface area contributed by atoms with Crippen molar-refractivity contribution in [1.82, 2.24) is 14.8 Å². The maximum Gasteiger partial charge on any atom is 0.262 e. The number of anilines is 1. The van der Waals surface area contributed by atoms with Crippen molar-refractivity contribution < 1.29 is 4.79 Å². The highest BCUT2D eigenvalue weighted by Gasteiger charge is 2.17. The third kappa shape index (κ3) is 3.78. The van der Waals surface area contributed by atoms with Crippen LogP contribution in [0.5, 0.6) is 0 Å². The maximum atomic E-state index is 12.8. The lowest BCUT2D eigenvalue weighted by molar-refractivity contribution is 0.102. The van der Waals surface area contributed by atoms with E-state index in [0.29, 0.717) is 28.0 Å². The first-order valence-electron chi connectivity index (χ1n) is 8.35. The Morgan fingerprint density at radius 1 is 1.35 bits per heavy atom. The minimum atomic E-state index is -0.494. The van der Waals surface area contributed by atoms with Gasteiger partial charge >= 0.3 is 0 Å². The van der Waals surface area contributed by atoms with E-state index >= 15 is 0 Å². The van der Waals surface area contributed by atoms with Gasteiger partial charge in [-0.15, -0.1) is 10.2 Å². The topological polar surface area (TPSA) is 76.9 Å². The van der Waals surface area contributed by atoms with Crippen molar-refractivity contribution in [2.75, 3.05) is 5.32 Å². The van der Waals surface area contributed by atoms with Gasteiger partial charge in [-0.05, 0) is 31.0 Å². The van der Waals surface area contributed by atoms with Crippen molar-refractivity contribution in [3.8, 4) is 0 Å². The van der Waals surface area contributed by atoms with Crippen molar-refractivity contribution in [2.45, 2.75) is 33.7 Å². The van der Waals surface area contributed by atoms with Gasteiger partial charge in [-0.3, -0.25) is 14.9 Å². The summed E-state index contributed by atoms with van der Waals surface area (Å²) in [5, 5.41) is 12.9. The van der Waals surface area contributed by atoms with Gasteiger partial charge in [0.2, 0.25) is 10.6 Å². The average molecular weight is 391 g/mol. The lowest BCUT2D eigenvalue weighted by atomic mass is 10.1. The van der Waals surface area contributed by atoms with Crippen LogP contribution in [0.1, 0.15) is 36.1 Å². The molecule has 0 aliphatic rings. The summed E-state index contributed by atoms with van der Waals surface area (Å²) in [4.78, 5) is 25.4. The Bertz CT molecular complexity index is 1030. The second kappa shape index (κ2) is 7.55. The van der Waals surface area contributed by atoms with Gasteiger partial charge < -0.3 is 4.57 Å². The van der Waals surface area contributed by atoms with Crippen molar-refractivity contribution in [1.29, 1.82) is 0 Å². The summed E-state index contributed by atoms with van der Waals surface area (Å²) in [6, 6.07) is 5.10. The Kier molecular flexibility index (Phi) is 5.38. The molecule has 0 radical (unpaired) electrons. The van der Waals surface area contributed by atoms with E-state index in [1.807, 2.05) is 11.5 Å². The number of pyridine rings is 1. The molecule has 2 aromatic heterocycles. The standard InChI is InChI=1S/C18H19ClN4O2S/c1-4-23-9-13(16(24)12-8-11(19)5-6-14(12)23)17(25)20-18-22-21-15(26-18)7-10(2)3/h5-6,8-10H,4,7H2,1-3H3,(H,20,22,25). The van der Waals surface area contributed by atoms with Gasteiger partial charge in [0.25, 0.3) is 5.91 Å². The number of carbonyl (C=O) groups excluding carboxylic acids is 1. The predicted molar refractivity (Wildman–Crippen MR) is 105 cm³/mol. The minimum absolute atomic E-state index is 0.0576. The number of benzene rings is 1. The van der Waals surface area contributed by atoms with Crippen molar-refractivity contribution in [3.63, 3.8) is 0 Å². The fourth-order valence-electron chi connectivity index (χ4n) is 2.69. The van der Waals surface area contributed by atoms with Crippen LogP contribution >= 0.6 is 22.9 Å². The van der Waals surface area contributed by atoms with E-state index in [1.54, 1.807) is 24.4 Å². The van der Waals surface area contributed by atoms with Crippen molar-refractivity contribution in [3.05, 3.63) is 50.2 Å². The molecule has 1 amide bonds. The van der Waals surface area contributed by atoms with Crippen molar-refractivity contribution >= 4 is 44.9 Å². The molecule has 0 spiro atoms. The molecule has 0 aliphatic heterocycles. The van der Waals surface area contributed by atoms with Crippen LogP contribution in [0.25, 0.3) is 10.9 Å². The van der Waals surface area contributed by atoms with E-state index in [-0.39, 0.29) is 11.0 Å². The highest BCUT2D eigenvalue weighted by molar-refractivity contribution is 7.15. The third-order valence-electron chi connectivity index (χ3n) is 3.90. The van der Waals surface area contributed by atoms with Gasteiger partial charge in [-0.1, -0.05) is 36.8 Å². The summed E-state index contributed by atoms with van der Waals surface area (Å²) in [7, 11) is 0. The summed E-state index contributed by atoms with van der Waals surface area (Å²) in [5.74, 6) is -0.0418. The summed E-state index contributed by atoms with van der Waals surface area (Å²) >= 11 is 7.35.